The first-order valence-electron chi connectivity index (χ1n) is 6.90. The summed E-state index contributed by atoms with van der Waals surface area (Å²) in [5, 5.41) is 0. The molecule has 2 rings (SSSR count). The molecule has 0 fully saturated rings. The number of hydrogen-bond donors (Lipinski definition) is 0. The van der Waals surface area contributed by atoms with Gasteiger partial charge in [-0.1, -0.05) is 12.1 Å². The highest BCUT2D eigenvalue weighted by molar-refractivity contribution is 7.98. The van der Waals surface area contributed by atoms with Crippen LogP contribution >= 0.6 is 11.8 Å². The fourth-order valence-corrected chi connectivity index (χ4v) is 2.22. The Morgan fingerprint density at radius 2 is 1.96 bits per heavy atom. The number of rotatable bonds is 6. The third-order valence-corrected chi connectivity index (χ3v) is 3.85. The second-order valence-electron chi connectivity index (χ2n) is 4.76. The number of nitrogens with zero attached hydrogens (tertiary/aromatic N) is 3. The lowest BCUT2D eigenvalue weighted by Crippen LogP contribution is -2.30. The summed E-state index contributed by atoms with van der Waals surface area (Å²) in [4.78, 5) is 34.0. The molecule has 7 heteroatoms. The average molecular weight is 331 g/mol. The van der Waals surface area contributed by atoms with E-state index >= 15 is 0 Å². The molecule has 0 unspecified atom stereocenters. The molecule has 0 aliphatic carbocycles. The summed E-state index contributed by atoms with van der Waals surface area (Å²) < 4.78 is 4.95. The van der Waals surface area contributed by atoms with Crippen LogP contribution in [0.15, 0.2) is 47.8 Å². The lowest BCUT2D eigenvalue weighted by molar-refractivity contribution is -0.133. The van der Waals surface area contributed by atoms with Crippen LogP contribution in [-0.2, 0) is 16.1 Å². The zero-order valence-electron chi connectivity index (χ0n) is 12.9. The minimum Gasteiger partial charge on any atom is -0.451 e. The molecule has 0 radical (unpaired) electrons. The van der Waals surface area contributed by atoms with Crippen molar-refractivity contribution in [3.8, 4) is 0 Å². The average Bonchev–Trinajstić information content (AvgIpc) is 2.60. The maximum atomic E-state index is 12.0. The third kappa shape index (κ3) is 5.07. The number of ether oxygens (including phenoxy) is 1. The van der Waals surface area contributed by atoms with E-state index in [4.69, 9.17) is 4.74 Å². The molecule has 6 nitrogen and oxygen atoms in total. The van der Waals surface area contributed by atoms with Crippen LogP contribution in [0, 0.1) is 0 Å². The first-order valence-corrected chi connectivity index (χ1v) is 8.12. The summed E-state index contributed by atoms with van der Waals surface area (Å²) >= 11 is 1.66. The Morgan fingerprint density at radius 3 is 2.57 bits per heavy atom. The topological polar surface area (TPSA) is 72.4 Å². The molecule has 0 N–H and O–H groups in total. The molecular formula is C16H17N3O3S. The van der Waals surface area contributed by atoms with E-state index in [0.717, 1.165) is 5.56 Å². The summed E-state index contributed by atoms with van der Waals surface area (Å²) in [7, 11) is 1.67. The molecule has 1 amide bonds. The highest BCUT2D eigenvalue weighted by Crippen LogP contribution is 2.15. The molecule has 23 heavy (non-hydrogen) atoms. The molecular weight excluding hydrogens is 314 g/mol. The first kappa shape index (κ1) is 17.0. The maximum absolute atomic E-state index is 12.0. The fraction of sp³-hybridized carbons (Fsp3) is 0.250. The van der Waals surface area contributed by atoms with Gasteiger partial charge in [-0.25, -0.2) is 9.78 Å². The van der Waals surface area contributed by atoms with Gasteiger partial charge in [0.05, 0.1) is 6.20 Å². The van der Waals surface area contributed by atoms with Crippen molar-refractivity contribution in [3.63, 3.8) is 0 Å². The lowest BCUT2D eigenvalue weighted by Gasteiger charge is -2.17. The van der Waals surface area contributed by atoms with Crippen LogP contribution in [0.3, 0.4) is 0 Å². The van der Waals surface area contributed by atoms with Gasteiger partial charge in [-0.05, 0) is 24.0 Å². The summed E-state index contributed by atoms with van der Waals surface area (Å²) in [6, 6.07) is 7.96. The maximum Gasteiger partial charge on any atom is 0.359 e. The molecule has 0 saturated heterocycles. The Hall–Kier alpha value is -2.41. The molecule has 0 bridgehead atoms. The highest BCUT2D eigenvalue weighted by Gasteiger charge is 2.14. The number of benzene rings is 1. The van der Waals surface area contributed by atoms with E-state index in [0.29, 0.717) is 6.54 Å². The van der Waals surface area contributed by atoms with Crippen LogP contribution < -0.4 is 0 Å². The number of carbonyl (C=O) groups excluding carboxylic acids is 2. The Kier molecular flexibility index (Phi) is 6.10. The smallest absolute Gasteiger partial charge is 0.359 e. The van der Waals surface area contributed by atoms with Gasteiger partial charge in [0.25, 0.3) is 5.91 Å². The molecule has 1 aromatic heterocycles. The second kappa shape index (κ2) is 8.28. The van der Waals surface area contributed by atoms with Crippen LogP contribution in [0.4, 0.5) is 0 Å². The number of thioether (sulfide) groups is 1. The number of amides is 1. The Balaban J connectivity index is 1.83. The Bertz CT molecular complexity index is 662. The van der Waals surface area contributed by atoms with Crippen molar-refractivity contribution in [1.29, 1.82) is 0 Å². The van der Waals surface area contributed by atoms with E-state index in [2.05, 4.69) is 9.97 Å². The van der Waals surface area contributed by atoms with E-state index < -0.39 is 5.97 Å². The minimum absolute atomic E-state index is 0.0793. The van der Waals surface area contributed by atoms with Gasteiger partial charge in [0.15, 0.2) is 12.3 Å². The van der Waals surface area contributed by atoms with Crippen LogP contribution in [0.2, 0.25) is 0 Å². The van der Waals surface area contributed by atoms with Gasteiger partial charge in [-0.3, -0.25) is 9.78 Å². The zero-order valence-corrected chi connectivity index (χ0v) is 13.7. The van der Waals surface area contributed by atoms with Gasteiger partial charge < -0.3 is 9.64 Å². The molecule has 1 heterocycles. The van der Waals surface area contributed by atoms with Gasteiger partial charge in [-0.15, -0.1) is 11.8 Å². The van der Waals surface area contributed by atoms with Crippen molar-refractivity contribution in [2.45, 2.75) is 11.4 Å². The molecule has 0 aliphatic rings. The van der Waals surface area contributed by atoms with Crippen molar-refractivity contribution in [1.82, 2.24) is 14.9 Å². The number of hydrogen-bond acceptors (Lipinski definition) is 6. The number of carbonyl (C=O) groups is 2. The standard InChI is InChI=1S/C16H17N3O3S/c1-19(10-12-3-5-13(23-2)6-4-12)15(20)11-22-16(21)14-9-17-7-8-18-14/h3-9H,10-11H2,1-2H3. The summed E-state index contributed by atoms with van der Waals surface area (Å²) in [5.74, 6) is -0.944. The van der Waals surface area contributed by atoms with Crippen LogP contribution in [0.5, 0.6) is 0 Å². The summed E-state index contributed by atoms with van der Waals surface area (Å²) in [5.41, 5.74) is 1.09. The monoisotopic (exact) mass is 331 g/mol. The fourth-order valence-electron chi connectivity index (χ4n) is 1.81. The molecule has 0 saturated carbocycles. The van der Waals surface area contributed by atoms with Crippen molar-refractivity contribution in [2.24, 2.45) is 0 Å². The molecule has 2 aromatic rings. The van der Waals surface area contributed by atoms with E-state index in [1.165, 1.54) is 28.4 Å². The van der Waals surface area contributed by atoms with Gasteiger partial charge in [0.2, 0.25) is 0 Å². The van der Waals surface area contributed by atoms with Crippen molar-refractivity contribution in [2.75, 3.05) is 19.9 Å². The van der Waals surface area contributed by atoms with Gasteiger partial charge in [0.1, 0.15) is 0 Å². The third-order valence-electron chi connectivity index (χ3n) is 3.10. The van der Waals surface area contributed by atoms with E-state index in [1.54, 1.807) is 18.8 Å². The zero-order chi connectivity index (χ0) is 16.7. The van der Waals surface area contributed by atoms with E-state index in [-0.39, 0.29) is 18.2 Å². The number of aromatic nitrogens is 2. The SMILES string of the molecule is CSc1ccc(CN(C)C(=O)COC(=O)c2cnccn2)cc1. The van der Waals surface area contributed by atoms with E-state index in [1.807, 2.05) is 30.5 Å². The lowest BCUT2D eigenvalue weighted by atomic mass is 10.2. The van der Waals surface area contributed by atoms with Gasteiger partial charge >= 0.3 is 5.97 Å². The normalized spacial score (nSPS) is 10.2. The van der Waals surface area contributed by atoms with Crippen molar-refractivity contribution in [3.05, 3.63) is 54.1 Å². The van der Waals surface area contributed by atoms with Crippen molar-refractivity contribution < 1.29 is 14.3 Å². The second-order valence-corrected chi connectivity index (χ2v) is 5.64. The molecule has 0 spiro atoms. The van der Waals surface area contributed by atoms with Gasteiger partial charge in [0, 0.05) is 30.9 Å². The molecule has 0 aliphatic heterocycles. The van der Waals surface area contributed by atoms with Crippen molar-refractivity contribution >= 4 is 23.6 Å². The molecule has 0 atom stereocenters. The number of likely N-dealkylation sites (N-methyl/N-ethyl adjacent to an activating group) is 1. The predicted molar refractivity (Wildman–Crippen MR) is 87.0 cm³/mol. The molecule has 120 valence electrons. The molecule has 1 aromatic carbocycles. The first-order chi connectivity index (χ1) is 11.1. The highest BCUT2D eigenvalue weighted by atomic mass is 32.2. The quantitative estimate of drug-likeness (QED) is 0.595. The Morgan fingerprint density at radius 1 is 1.22 bits per heavy atom. The summed E-state index contributed by atoms with van der Waals surface area (Å²) in [6.45, 7) is 0.130. The largest absolute Gasteiger partial charge is 0.451 e. The number of esters is 1. The van der Waals surface area contributed by atoms with E-state index in [9.17, 15) is 9.59 Å². The summed E-state index contributed by atoms with van der Waals surface area (Å²) in [6.07, 6.45) is 6.15. The predicted octanol–water partition coefficient (Wildman–Crippen LogP) is 2.01. The van der Waals surface area contributed by atoms with Gasteiger partial charge in [-0.2, -0.15) is 0 Å². The van der Waals surface area contributed by atoms with Crippen LogP contribution in [0.1, 0.15) is 16.1 Å². The van der Waals surface area contributed by atoms with Crippen LogP contribution in [0.25, 0.3) is 0 Å². The Labute approximate surface area is 138 Å². The van der Waals surface area contributed by atoms with Crippen LogP contribution in [-0.4, -0.2) is 46.7 Å². The minimum atomic E-state index is -0.663.